The molecule has 0 radical (unpaired) electrons. The number of fused-ring (bicyclic) bond motifs is 1. The molecule has 4 rings (SSSR count). The molecule has 1 fully saturated rings. The lowest BCUT2D eigenvalue weighted by atomic mass is 10.1. The summed E-state index contributed by atoms with van der Waals surface area (Å²) in [4.78, 5) is 11.3. The van der Waals surface area contributed by atoms with E-state index >= 15 is 0 Å². The fraction of sp³-hybridized carbons (Fsp3) is 0.222. The molecule has 1 aliphatic heterocycles. The van der Waals surface area contributed by atoms with Crippen LogP contribution < -0.4 is 10.2 Å². The van der Waals surface area contributed by atoms with Crippen molar-refractivity contribution in [2.75, 3.05) is 31.1 Å². The second-order valence-corrected chi connectivity index (χ2v) is 5.75. The quantitative estimate of drug-likeness (QED) is 0.758. The van der Waals surface area contributed by atoms with Gasteiger partial charge in [0.05, 0.1) is 11.2 Å². The number of hydrogen-bond donors (Lipinski definition) is 1. The molecule has 7 heteroatoms. The highest BCUT2D eigenvalue weighted by atomic mass is 35.5. The number of nitrogens with zero attached hydrogens (tertiary/aromatic N) is 3. The Morgan fingerprint density at radius 2 is 1.72 bits per heavy atom. The zero-order valence-corrected chi connectivity index (χ0v) is 14.2. The average Bonchev–Trinajstić information content (AvgIpc) is 2.62. The second-order valence-electron chi connectivity index (χ2n) is 5.75. The van der Waals surface area contributed by atoms with E-state index in [1.54, 1.807) is 0 Å². The molecule has 3 aromatic rings. The van der Waals surface area contributed by atoms with E-state index in [-0.39, 0.29) is 18.0 Å². The third kappa shape index (κ3) is 3.41. The van der Waals surface area contributed by atoms with Crippen LogP contribution >= 0.6 is 12.4 Å². The number of halogens is 3. The standard InChI is InChI=1S/C18H16F2N4.ClH/c19-12-5-6-13(15(20)11-12)17-14-3-1-2-4-16(14)22-18(23-17)24-9-7-21-8-10-24;/h1-6,11,21H,7-10H2;1H. The van der Waals surface area contributed by atoms with Crippen LogP contribution in [0.4, 0.5) is 14.7 Å². The summed E-state index contributed by atoms with van der Waals surface area (Å²) in [7, 11) is 0. The van der Waals surface area contributed by atoms with Gasteiger partial charge < -0.3 is 10.2 Å². The smallest absolute Gasteiger partial charge is 0.226 e. The van der Waals surface area contributed by atoms with Gasteiger partial charge in [0.2, 0.25) is 5.95 Å². The van der Waals surface area contributed by atoms with Crippen LogP contribution in [0.5, 0.6) is 0 Å². The molecule has 1 aromatic heterocycles. The van der Waals surface area contributed by atoms with Crippen LogP contribution in [0.2, 0.25) is 0 Å². The summed E-state index contributed by atoms with van der Waals surface area (Å²) in [5.41, 5.74) is 1.53. The number of anilines is 1. The summed E-state index contributed by atoms with van der Waals surface area (Å²) in [6, 6.07) is 11.1. The predicted molar refractivity (Wildman–Crippen MR) is 97.2 cm³/mol. The van der Waals surface area contributed by atoms with Gasteiger partial charge in [-0.2, -0.15) is 0 Å². The zero-order chi connectivity index (χ0) is 16.5. The van der Waals surface area contributed by atoms with Gasteiger partial charge in [0.1, 0.15) is 11.6 Å². The predicted octanol–water partition coefficient (Wildman–Crippen LogP) is 3.41. The number of para-hydroxylation sites is 1. The van der Waals surface area contributed by atoms with Crippen LogP contribution in [0.1, 0.15) is 0 Å². The van der Waals surface area contributed by atoms with Crippen molar-refractivity contribution in [2.24, 2.45) is 0 Å². The minimum absolute atomic E-state index is 0. The molecule has 1 aliphatic rings. The number of nitrogens with one attached hydrogen (secondary N) is 1. The molecule has 2 aromatic carbocycles. The van der Waals surface area contributed by atoms with E-state index in [2.05, 4.69) is 20.2 Å². The topological polar surface area (TPSA) is 41.1 Å². The molecule has 0 aliphatic carbocycles. The summed E-state index contributed by atoms with van der Waals surface area (Å²) in [6.07, 6.45) is 0. The first-order valence-corrected chi connectivity index (χ1v) is 7.90. The van der Waals surface area contributed by atoms with Crippen LogP contribution in [0.3, 0.4) is 0 Å². The van der Waals surface area contributed by atoms with Gasteiger partial charge in [-0.1, -0.05) is 18.2 Å². The molecule has 2 heterocycles. The lowest BCUT2D eigenvalue weighted by Crippen LogP contribution is -2.44. The fourth-order valence-electron chi connectivity index (χ4n) is 2.96. The second kappa shape index (κ2) is 7.29. The van der Waals surface area contributed by atoms with Crippen molar-refractivity contribution < 1.29 is 8.78 Å². The molecule has 0 amide bonds. The Morgan fingerprint density at radius 1 is 0.960 bits per heavy atom. The van der Waals surface area contributed by atoms with Gasteiger partial charge in [0.15, 0.2) is 0 Å². The maximum absolute atomic E-state index is 14.3. The number of benzene rings is 2. The van der Waals surface area contributed by atoms with Crippen molar-refractivity contribution in [2.45, 2.75) is 0 Å². The lowest BCUT2D eigenvalue weighted by molar-refractivity contribution is 0.579. The van der Waals surface area contributed by atoms with Gasteiger partial charge in [-0.15, -0.1) is 12.4 Å². The number of aromatic nitrogens is 2. The highest BCUT2D eigenvalue weighted by Crippen LogP contribution is 2.30. The van der Waals surface area contributed by atoms with Crippen molar-refractivity contribution >= 4 is 29.3 Å². The number of hydrogen-bond acceptors (Lipinski definition) is 4. The van der Waals surface area contributed by atoms with Crippen LogP contribution in [-0.2, 0) is 0 Å². The summed E-state index contributed by atoms with van der Waals surface area (Å²) in [5.74, 6) is -0.643. The molecule has 0 spiro atoms. The Kier molecular flexibility index (Phi) is 5.11. The normalized spacial score (nSPS) is 14.4. The van der Waals surface area contributed by atoms with Crippen LogP contribution in [-0.4, -0.2) is 36.1 Å². The van der Waals surface area contributed by atoms with E-state index in [0.717, 1.165) is 43.1 Å². The van der Waals surface area contributed by atoms with Crippen molar-refractivity contribution in [1.29, 1.82) is 0 Å². The van der Waals surface area contributed by atoms with E-state index in [9.17, 15) is 8.78 Å². The first-order valence-electron chi connectivity index (χ1n) is 7.90. The third-order valence-corrected chi connectivity index (χ3v) is 4.18. The minimum Gasteiger partial charge on any atom is -0.338 e. The molecule has 0 bridgehead atoms. The fourth-order valence-corrected chi connectivity index (χ4v) is 2.96. The van der Waals surface area contributed by atoms with Gasteiger partial charge in [0, 0.05) is 43.2 Å². The zero-order valence-electron chi connectivity index (χ0n) is 13.4. The highest BCUT2D eigenvalue weighted by molar-refractivity contribution is 5.93. The Labute approximate surface area is 150 Å². The average molecular weight is 363 g/mol. The van der Waals surface area contributed by atoms with Crippen LogP contribution in [0.25, 0.3) is 22.2 Å². The molecule has 0 atom stereocenters. The number of piperazine rings is 1. The Bertz CT molecular complexity index is 897. The van der Waals surface area contributed by atoms with Gasteiger partial charge in [-0.05, 0) is 18.2 Å². The molecule has 4 nitrogen and oxygen atoms in total. The molecule has 1 N–H and O–H groups in total. The van der Waals surface area contributed by atoms with E-state index in [0.29, 0.717) is 11.6 Å². The van der Waals surface area contributed by atoms with Gasteiger partial charge in [-0.25, -0.2) is 18.7 Å². The highest BCUT2D eigenvalue weighted by Gasteiger charge is 2.18. The lowest BCUT2D eigenvalue weighted by Gasteiger charge is -2.28. The maximum atomic E-state index is 14.3. The van der Waals surface area contributed by atoms with Gasteiger partial charge >= 0.3 is 0 Å². The Morgan fingerprint density at radius 3 is 2.48 bits per heavy atom. The van der Waals surface area contributed by atoms with Crippen molar-refractivity contribution in [3.05, 3.63) is 54.1 Å². The molecule has 0 unspecified atom stereocenters. The van der Waals surface area contributed by atoms with Crippen LogP contribution in [0, 0.1) is 11.6 Å². The number of rotatable bonds is 2. The van der Waals surface area contributed by atoms with Gasteiger partial charge in [0.25, 0.3) is 0 Å². The molecule has 1 saturated heterocycles. The van der Waals surface area contributed by atoms with Crippen molar-refractivity contribution in [1.82, 2.24) is 15.3 Å². The van der Waals surface area contributed by atoms with Gasteiger partial charge in [-0.3, -0.25) is 0 Å². The third-order valence-electron chi connectivity index (χ3n) is 4.18. The summed E-state index contributed by atoms with van der Waals surface area (Å²) < 4.78 is 27.6. The maximum Gasteiger partial charge on any atom is 0.226 e. The molecule has 130 valence electrons. The van der Waals surface area contributed by atoms with Crippen molar-refractivity contribution in [3.63, 3.8) is 0 Å². The summed E-state index contributed by atoms with van der Waals surface area (Å²) in [5, 5.41) is 4.04. The first kappa shape index (κ1) is 17.5. The SMILES string of the molecule is Cl.Fc1ccc(-c2nc(N3CCNCC3)nc3ccccc23)c(F)c1. The largest absolute Gasteiger partial charge is 0.338 e. The molecule has 25 heavy (non-hydrogen) atoms. The summed E-state index contributed by atoms with van der Waals surface area (Å²) >= 11 is 0. The monoisotopic (exact) mass is 362 g/mol. The van der Waals surface area contributed by atoms with Crippen molar-refractivity contribution in [3.8, 4) is 11.3 Å². The molecular weight excluding hydrogens is 346 g/mol. The van der Waals surface area contributed by atoms with E-state index in [1.807, 2.05) is 24.3 Å². The van der Waals surface area contributed by atoms with E-state index in [4.69, 9.17) is 0 Å². The van der Waals surface area contributed by atoms with Crippen LogP contribution in [0.15, 0.2) is 42.5 Å². The Balaban J connectivity index is 0.00000182. The Hall–Kier alpha value is -2.31. The molecular formula is C18H17ClF2N4. The summed E-state index contributed by atoms with van der Waals surface area (Å²) in [6.45, 7) is 3.31. The van der Waals surface area contributed by atoms with E-state index in [1.165, 1.54) is 12.1 Å². The minimum atomic E-state index is -0.620. The first-order chi connectivity index (χ1) is 11.7. The van der Waals surface area contributed by atoms with E-state index < -0.39 is 11.6 Å². The molecule has 0 saturated carbocycles.